The third kappa shape index (κ3) is 4.90. The minimum Gasteiger partial charge on any atom is -0.463 e. The SMILES string of the molecule is O=C(c1nsc2ccccc12)N1CCC(F)(F)[C@@H](Oc2nc3ccccc3cc2OC(=O)C(F)(F)F)C1. The van der Waals surface area contributed by atoms with Crippen LogP contribution in [0.3, 0.4) is 0 Å². The first-order chi connectivity index (χ1) is 17.5. The van der Waals surface area contributed by atoms with Crippen LogP contribution in [0.15, 0.2) is 54.6 Å². The number of piperidine rings is 1. The first kappa shape index (κ1) is 24.8. The van der Waals surface area contributed by atoms with E-state index in [-0.39, 0.29) is 17.8 Å². The van der Waals surface area contributed by atoms with E-state index in [1.165, 1.54) is 12.1 Å². The number of aromatic nitrogens is 2. The Hall–Kier alpha value is -3.87. The fraction of sp³-hybridized carbons (Fsp3) is 0.250. The van der Waals surface area contributed by atoms with Gasteiger partial charge in [-0.15, -0.1) is 0 Å². The number of carbonyl (C=O) groups is 2. The number of halogens is 5. The van der Waals surface area contributed by atoms with Crippen molar-refractivity contribution < 1.29 is 41.0 Å². The van der Waals surface area contributed by atoms with Gasteiger partial charge in [0.2, 0.25) is 0 Å². The van der Waals surface area contributed by atoms with Gasteiger partial charge in [0.15, 0.2) is 11.9 Å². The molecule has 1 aliphatic heterocycles. The largest absolute Gasteiger partial charge is 0.491 e. The van der Waals surface area contributed by atoms with Gasteiger partial charge in [0.05, 0.1) is 16.8 Å². The molecule has 192 valence electrons. The molecule has 5 rings (SSSR count). The molecule has 37 heavy (non-hydrogen) atoms. The van der Waals surface area contributed by atoms with E-state index in [0.29, 0.717) is 10.8 Å². The van der Waals surface area contributed by atoms with Crippen LogP contribution in [0, 0.1) is 0 Å². The number of nitrogens with zero attached hydrogens (tertiary/aromatic N) is 3. The molecule has 13 heteroatoms. The molecule has 3 heterocycles. The average Bonchev–Trinajstić information content (AvgIpc) is 3.28. The van der Waals surface area contributed by atoms with Crippen LogP contribution in [0.1, 0.15) is 16.9 Å². The second-order valence-corrected chi connectivity index (χ2v) is 9.07. The number of fused-ring (bicyclic) bond motifs is 2. The first-order valence-corrected chi connectivity index (χ1v) is 11.7. The summed E-state index contributed by atoms with van der Waals surface area (Å²) in [6.07, 6.45) is -8.08. The Morgan fingerprint density at radius 3 is 2.59 bits per heavy atom. The third-order valence-corrected chi connectivity index (χ3v) is 6.61. The molecule has 1 atom stereocenters. The van der Waals surface area contributed by atoms with Gasteiger partial charge in [-0.05, 0) is 29.7 Å². The number of carbonyl (C=O) groups excluding carboxylic acids is 2. The number of likely N-dealkylation sites (tertiary alicyclic amines) is 1. The second kappa shape index (κ2) is 9.21. The smallest absolute Gasteiger partial charge is 0.463 e. The van der Waals surface area contributed by atoms with E-state index in [4.69, 9.17) is 4.74 Å². The molecule has 0 saturated carbocycles. The van der Waals surface area contributed by atoms with Crippen LogP contribution in [-0.4, -0.2) is 57.4 Å². The van der Waals surface area contributed by atoms with Gasteiger partial charge in [0, 0.05) is 23.7 Å². The van der Waals surface area contributed by atoms with Gasteiger partial charge >= 0.3 is 12.1 Å². The number of esters is 1. The number of para-hydroxylation sites is 1. The molecule has 2 aromatic heterocycles. The zero-order valence-electron chi connectivity index (χ0n) is 18.7. The fourth-order valence-corrected chi connectivity index (χ4v) is 4.67. The summed E-state index contributed by atoms with van der Waals surface area (Å²) in [4.78, 5) is 29.8. The standard InChI is InChI=1S/C24H16F5N3O4S/c25-23(26)9-10-32(21(33)19-14-6-2-4-8-17(14)37-31-19)12-18(23)36-20-16(35-22(34)24(27,28)29)11-13-5-1-3-7-15(13)30-20/h1-8,11,18H,9-10,12H2/t18-/m0/s1. The van der Waals surface area contributed by atoms with Crippen LogP contribution in [0.5, 0.6) is 11.6 Å². The summed E-state index contributed by atoms with van der Waals surface area (Å²) in [5.41, 5.74) is 0.318. The molecule has 0 spiro atoms. The summed E-state index contributed by atoms with van der Waals surface area (Å²) in [6.45, 7) is -0.891. The highest BCUT2D eigenvalue weighted by atomic mass is 32.1. The maximum absolute atomic E-state index is 14.9. The number of pyridine rings is 1. The number of alkyl halides is 5. The second-order valence-electron chi connectivity index (χ2n) is 8.27. The van der Waals surface area contributed by atoms with Crippen molar-refractivity contribution in [2.75, 3.05) is 13.1 Å². The molecule has 1 saturated heterocycles. The normalized spacial score (nSPS) is 17.6. The molecular weight excluding hydrogens is 521 g/mol. The maximum atomic E-state index is 14.9. The summed E-state index contributed by atoms with van der Waals surface area (Å²) < 4.78 is 83.0. The molecule has 1 amide bonds. The Balaban J connectivity index is 1.46. The van der Waals surface area contributed by atoms with Crippen molar-refractivity contribution in [1.82, 2.24) is 14.3 Å². The maximum Gasteiger partial charge on any atom is 0.491 e. The Kier molecular flexibility index (Phi) is 6.18. The summed E-state index contributed by atoms with van der Waals surface area (Å²) >= 11 is 1.09. The predicted octanol–water partition coefficient (Wildman–Crippen LogP) is 5.24. The molecule has 0 radical (unpaired) electrons. The lowest BCUT2D eigenvalue weighted by Gasteiger charge is -2.37. The summed E-state index contributed by atoms with van der Waals surface area (Å²) in [7, 11) is 0. The van der Waals surface area contributed by atoms with Gasteiger partial charge in [-0.3, -0.25) is 4.79 Å². The lowest BCUT2D eigenvalue weighted by molar-refractivity contribution is -0.190. The molecule has 0 N–H and O–H groups in total. The molecule has 4 aromatic rings. The first-order valence-electron chi connectivity index (χ1n) is 10.9. The van der Waals surface area contributed by atoms with Crippen LogP contribution < -0.4 is 9.47 Å². The van der Waals surface area contributed by atoms with Crippen molar-refractivity contribution in [3.63, 3.8) is 0 Å². The minimum atomic E-state index is -5.34. The van der Waals surface area contributed by atoms with Crippen molar-refractivity contribution in [3.8, 4) is 11.6 Å². The fourth-order valence-electron chi connectivity index (χ4n) is 3.90. The van der Waals surface area contributed by atoms with E-state index in [9.17, 15) is 31.5 Å². The molecule has 0 aliphatic carbocycles. The third-order valence-electron chi connectivity index (χ3n) is 5.78. The van der Waals surface area contributed by atoms with E-state index in [2.05, 4.69) is 14.1 Å². The van der Waals surface area contributed by atoms with Gasteiger partial charge in [-0.25, -0.2) is 18.6 Å². The Labute approximate surface area is 209 Å². The van der Waals surface area contributed by atoms with Crippen molar-refractivity contribution in [2.45, 2.75) is 24.6 Å². The van der Waals surface area contributed by atoms with Crippen molar-refractivity contribution in [2.24, 2.45) is 0 Å². The monoisotopic (exact) mass is 537 g/mol. The van der Waals surface area contributed by atoms with Crippen LogP contribution in [0.2, 0.25) is 0 Å². The molecule has 7 nitrogen and oxygen atoms in total. The Morgan fingerprint density at radius 1 is 1.08 bits per heavy atom. The quantitative estimate of drug-likeness (QED) is 0.262. The zero-order chi connectivity index (χ0) is 26.4. The highest BCUT2D eigenvalue weighted by Gasteiger charge is 2.48. The highest BCUT2D eigenvalue weighted by Crippen LogP contribution is 2.37. The average molecular weight is 537 g/mol. The van der Waals surface area contributed by atoms with E-state index >= 15 is 0 Å². The van der Waals surface area contributed by atoms with Crippen LogP contribution in [-0.2, 0) is 4.79 Å². The summed E-state index contributed by atoms with van der Waals surface area (Å²) in [6, 6.07) is 14.1. The highest BCUT2D eigenvalue weighted by molar-refractivity contribution is 7.13. The Bertz CT molecular complexity index is 1510. The minimum absolute atomic E-state index is 0.105. The van der Waals surface area contributed by atoms with E-state index in [0.717, 1.165) is 27.2 Å². The van der Waals surface area contributed by atoms with Gasteiger partial charge in [-0.1, -0.05) is 36.4 Å². The predicted molar refractivity (Wildman–Crippen MR) is 123 cm³/mol. The number of ether oxygens (including phenoxy) is 2. The van der Waals surface area contributed by atoms with Gasteiger partial charge in [0.25, 0.3) is 17.7 Å². The number of amides is 1. The van der Waals surface area contributed by atoms with Crippen LogP contribution in [0.25, 0.3) is 21.0 Å². The molecular formula is C24H16F5N3O4S. The molecule has 2 aromatic carbocycles. The lowest BCUT2D eigenvalue weighted by Crippen LogP contribution is -2.55. The number of rotatable bonds is 4. The molecule has 1 aliphatic rings. The number of hydrogen-bond acceptors (Lipinski definition) is 7. The van der Waals surface area contributed by atoms with Crippen molar-refractivity contribution in [1.29, 1.82) is 0 Å². The number of benzene rings is 2. The van der Waals surface area contributed by atoms with Gasteiger partial charge in [-0.2, -0.15) is 17.5 Å². The van der Waals surface area contributed by atoms with E-state index < -0.39 is 54.7 Å². The van der Waals surface area contributed by atoms with Crippen LogP contribution in [0.4, 0.5) is 22.0 Å². The van der Waals surface area contributed by atoms with Gasteiger partial charge < -0.3 is 14.4 Å². The van der Waals surface area contributed by atoms with E-state index in [1.54, 1.807) is 36.4 Å². The van der Waals surface area contributed by atoms with Crippen molar-refractivity contribution >= 4 is 44.4 Å². The van der Waals surface area contributed by atoms with Crippen molar-refractivity contribution in [3.05, 3.63) is 60.3 Å². The van der Waals surface area contributed by atoms with E-state index in [1.807, 2.05) is 0 Å². The lowest BCUT2D eigenvalue weighted by atomic mass is 10.0. The summed E-state index contributed by atoms with van der Waals surface area (Å²) in [5.74, 6) is -8.10. The molecule has 0 bridgehead atoms. The topological polar surface area (TPSA) is 81.6 Å². The Morgan fingerprint density at radius 2 is 1.81 bits per heavy atom. The summed E-state index contributed by atoms with van der Waals surface area (Å²) in [5, 5.41) is 0.868. The number of hydrogen-bond donors (Lipinski definition) is 0. The molecule has 0 unspecified atom stereocenters. The molecule has 1 fully saturated rings. The van der Waals surface area contributed by atoms with Crippen LogP contribution >= 0.6 is 11.5 Å². The zero-order valence-corrected chi connectivity index (χ0v) is 19.5. The van der Waals surface area contributed by atoms with Gasteiger partial charge in [0.1, 0.15) is 5.69 Å².